The summed E-state index contributed by atoms with van der Waals surface area (Å²) in [7, 11) is 1.48. The molecule has 0 fully saturated rings. The molecular formula is C22H27N3O5. The fraction of sp³-hybridized carbons (Fsp3) is 0.318. The summed E-state index contributed by atoms with van der Waals surface area (Å²) in [5.41, 5.74) is 3.47. The van der Waals surface area contributed by atoms with E-state index in [1.807, 2.05) is 19.9 Å². The topological polar surface area (TPSA) is 98.2 Å². The fourth-order valence-electron chi connectivity index (χ4n) is 2.51. The van der Waals surface area contributed by atoms with E-state index < -0.39 is 11.8 Å². The third-order valence-corrected chi connectivity index (χ3v) is 3.89. The zero-order valence-electron chi connectivity index (χ0n) is 17.4. The predicted molar refractivity (Wildman–Crippen MR) is 114 cm³/mol. The van der Waals surface area contributed by atoms with Crippen LogP contribution in [0, 0.1) is 0 Å². The van der Waals surface area contributed by atoms with Gasteiger partial charge in [-0.1, -0.05) is 19.1 Å². The Morgan fingerprint density at radius 1 is 1.03 bits per heavy atom. The second-order valence-corrected chi connectivity index (χ2v) is 6.16. The van der Waals surface area contributed by atoms with Crippen LogP contribution < -0.4 is 25.0 Å². The second kappa shape index (κ2) is 12.1. The van der Waals surface area contributed by atoms with Gasteiger partial charge in [0.2, 0.25) is 0 Å². The van der Waals surface area contributed by atoms with E-state index in [-0.39, 0.29) is 6.54 Å². The van der Waals surface area contributed by atoms with Crippen LogP contribution in [0.3, 0.4) is 0 Å². The Morgan fingerprint density at radius 2 is 1.83 bits per heavy atom. The average Bonchev–Trinajstić information content (AvgIpc) is 2.77. The minimum absolute atomic E-state index is 0.220. The van der Waals surface area contributed by atoms with Crippen LogP contribution in [-0.4, -0.2) is 44.9 Å². The quantitative estimate of drug-likeness (QED) is 0.436. The number of methoxy groups -OCH3 is 1. The average molecular weight is 413 g/mol. The van der Waals surface area contributed by atoms with E-state index in [1.54, 1.807) is 36.4 Å². The SMILES string of the molecule is CCCOc1ccc(C=NNC(=O)CNC(=O)c2ccccc2OC)cc1OCC. The van der Waals surface area contributed by atoms with Crippen molar-refractivity contribution in [2.24, 2.45) is 5.10 Å². The first-order chi connectivity index (χ1) is 14.6. The van der Waals surface area contributed by atoms with E-state index in [0.29, 0.717) is 36.0 Å². The highest BCUT2D eigenvalue weighted by atomic mass is 16.5. The summed E-state index contributed by atoms with van der Waals surface area (Å²) in [5.74, 6) is 0.854. The third-order valence-electron chi connectivity index (χ3n) is 3.89. The third kappa shape index (κ3) is 6.80. The summed E-state index contributed by atoms with van der Waals surface area (Å²) in [6, 6.07) is 12.2. The fourth-order valence-corrected chi connectivity index (χ4v) is 2.51. The van der Waals surface area contributed by atoms with Gasteiger partial charge in [0, 0.05) is 0 Å². The van der Waals surface area contributed by atoms with Crippen LogP contribution in [0.25, 0.3) is 0 Å². The molecule has 0 unspecified atom stereocenters. The lowest BCUT2D eigenvalue weighted by Gasteiger charge is -2.11. The molecule has 8 nitrogen and oxygen atoms in total. The molecule has 8 heteroatoms. The first kappa shape index (κ1) is 22.7. The van der Waals surface area contributed by atoms with Crippen LogP contribution >= 0.6 is 0 Å². The first-order valence-corrected chi connectivity index (χ1v) is 9.71. The molecule has 30 heavy (non-hydrogen) atoms. The van der Waals surface area contributed by atoms with E-state index in [2.05, 4.69) is 15.8 Å². The van der Waals surface area contributed by atoms with Gasteiger partial charge in [-0.15, -0.1) is 0 Å². The number of carbonyl (C=O) groups excluding carboxylic acids is 2. The molecule has 0 aromatic heterocycles. The maximum atomic E-state index is 12.2. The zero-order chi connectivity index (χ0) is 21.8. The lowest BCUT2D eigenvalue weighted by atomic mass is 10.2. The second-order valence-electron chi connectivity index (χ2n) is 6.16. The zero-order valence-corrected chi connectivity index (χ0v) is 17.4. The molecule has 0 aliphatic carbocycles. The number of hydrogen-bond acceptors (Lipinski definition) is 6. The van der Waals surface area contributed by atoms with Gasteiger partial charge in [-0.3, -0.25) is 9.59 Å². The van der Waals surface area contributed by atoms with Crippen molar-refractivity contribution in [2.45, 2.75) is 20.3 Å². The Bertz CT molecular complexity index is 883. The molecule has 0 heterocycles. The summed E-state index contributed by atoms with van der Waals surface area (Å²) in [6.07, 6.45) is 2.39. The molecule has 2 rings (SSSR count). The highest BCUT2D eigenvalue weighted by Gasteiger charge is 2.12. The number of para-hydroxylation sites is 1. The normalized spacial score (nSPS) is 10.5. The number of benzene rings is 2. The van der Waals surface area contributed by atoms with Gasteiger partial charge >= 0.3 is 0 Å². The molecule has 2 N–H and O–H groups in total. The van der Waals surface area contributed by atoms with Gasteiger partial charge in [-0.2, -0.15) is 5.10 Å². The number of hydrogen-bond donors (Lipinski definition) is 2. The Morgan fingerprint density at radius 3 is 2.57 bits per heavy atom. The minimum atomic E-state index is -0.456. The molecule has 2 amide bonds. The maximum absolute atomic E-state index is 12.2. The monoisotopic (exact) mass is 413 g/mol. The van der Waals surface area contributed by atoms with Gasteiger partial charge in [0.1, 0.15) is 5.75 Å². The standard InChI is InChI=1S/C22H27N3O5/c1-4-12-30-19-11-10-16(13-20(19)29-5-2)14-24-25-21(26)15-23-22(27)17-8-6-7-9-18(17)28-3/h6-11,13-14H,4-5,12,15H2,1-3H3,(H,23,27)(H,25,26). The molecule has 0 radical (unpaired) electrons. The number of carbonyl (C=O) groups is 2. The highest BCUT2D eigenvalue weighted by Crippen LogP contribution is 2.28. The summed E-state index contributed by atoms with van der Waals surface area (Å²) in [6.45, 7) is 4.81. The van der Waals surface area contributed by atoms with Crippen molar-refractivity contribution in [3.05, 3.63) is 53.6 Å². The molecular weight excluding hydrogens is 386 g/mol. The molecule has 0 aliphatic rings. The van der Waals surface area contributed by atoms with Gasteiger partial charge in [0.15, 0.2) is 11.5 Å². The van der Waals surface area contributed by atoms with Gasteiger partial charge in [-0.25, -0.2) is 5.43 Å². The molecule has 2 aromatic rings. The van der Waals surface area contributed by atoms with Crippen LogP contribution in [0.2, 0.25) is 0 Å². The van der Waals surface area contributed by atoms with Crippen LogP contribution in [0.4, 0.5) is 0 Å². The Labute approximate surface area is 176 Å². The lowest BCUT2D eigenvalue weighted by Crippen LogP contribution is -2.35. The molecule has 0 spiro atoms. The van der Waals surface area contributed by atoms with Crippen LogP contribution in [0.1, 0.15) is 36.2 Å². The van der Waals surface area contributed by atoms with Crippen molar-refractivity contribution in [1.29, 1.82) is 0 Å². The Kier molecular flexibility index (Phi) is 9.18. The van der Waals surface area contributed by atoms with Gasteiger partial charge in [0.05, 0.1) is 38.6 Å². The van der Waals surface area contributed by atoms with Crippen molar-refractivity contribution >= 4 is 18.0 Å². The Balaban J connectivity index is 1.89. The summed E-state index contributed by atoms with van der Waals surface area (Å²) in [4.78, 5) is 24.1. The number of hydrazone groups is 1. The van der Waals surface area contributed by atoms with Gasteiger partial charge < -0.3 is 19.5 Å². The first-order valence-electron chi connectivity index (χ1n) is 9.71. The van der Waals surface area contributed by atoms with Gasteiger partial charge in [0.25, 0.3) is 11.8 Å². The number of amides is 2. The molecule has 2 aromatic carbocycles. The van der Waals surface area contributed by atoms with E-state index in [9.17, 15) is 9.59 Å². The van der Waals surface area contributed by atoms with Crippen molar-refractivity contribution in [3.8, 4) is 17.2 Å². The van der Waals surface area contributed by atoms with Crippen molar-refractivity contribution < 1.29 is 23.8 Å². The summed E-state index contributed by atoms with van der Waals surface area (Å²) < 4.78 is 16.4. The summed E-state index contributed by atoms with van der Waals surface area (Å²) in [5, 5.41) is 6.46. The smallest absolute Gasteiger partial charge is 0.259 e. The van der Waals surface area contributed by atoms with Crippen LogP contribution in [-0.2, 0) is 4.79 Å². The highest BCUT2D eigenvalue weighted by molar-refractivity contribution is 5.98. The van der Waals surface area contributed by atoms with E-state index in [4.69, 9.17) is 14.2 Å². The maximum Gasteiger partial charge on any atom is 0.259 e. The summed E-state index contributed by atoms with van der Waals surface area (Å²) >= 11 is 0. The molecule has 0 atom stereocenters. The number of ether oxygens (including phenoxy) is 3. The number of rotatable bonds is 11. The number of nitrogens with one attached hydrogen (secondary N) is 2. The van der Waals surface area contributed by atoms with Crippen LogP contribution in [0.5, 0.6) is 17.2 Å². The van der Waals surface area contributed by atoms with E-state index in [0.717, 1.165) is 12.0 Å². The number of nitrogens with zero attached hydrogens (tertiary/aromatic N) is 1. The minimum Gasteiger partial charge on any atom is -0.496 e. The Hall–Kier alpha value is -3.55. The lowest BCUT2D eigenvalue weighted by molar-refractivity contribution is -0.120. The molecule has 0 bridgehead atoms. The van der Waals surface area contributed by atoms with Crippen LogP contribution in [0.15, 0.2) is 47.6 Å². The largest absolute Gasteiger partial charge is 0.496 e. The molecule has 0 saturated heterocycles. The van der Waals surface area contributed by atoms with Gasteiger partial charge in [-0.05, 0) is 49.2 Å². The van der Waals surface area contributed by atoms with Crippen molar-refractivity contribution in [2.75, 3.05) is 26.9 Å². The van der Waals surface area contributed by atoms with E-state index in [1.165, 1.54) is 13.3 Å². The van der Waals surface area contributed by atoms with Crippen molar-refractivity contribution in [1.82, 2.24) is 10.7 Å². The predicted octanol–water partition coefficient (Wildman–Crippen LogP) is 2.76. The van der Waals surface area contributed by atoms with Crippen molar-refractivity contribution in [3.63, 3.8) is 0 Å². The van der Waals surface area contributed by atoms with E-state index >= 15 is 0 Å². The molecule has 160 valence electrons. The molecule has 0 saturated carbocycles. The molecule has 0 aliphatic heterocycles.